The highest BCUT2D eigenvalue weighted by Gasteiger charge is 2.33. The predicted octanol–water partition coefficient (Wildman–Crippen LogP) is 1.08. The van der Waals surface area contributed by atoms with Crippen LogP contribution in [-0.2, 0) is 57.6 Å². The number of carbonyl (C=O) groups excluding carboxylic acids is 6. The number of carbonyl (C=O) groups is 8. The quantitative estimate of drug-likeness (QED) is 0.0567. The maximum Gasteiger partial charge on any atom is 0.305 e. The summed E-state index contributed by atoms with van der Waals surface area (Å²) in [7, 11) is 1.38. The number of likely N-dealkylation sites (N-methyl/N-ethyl adjacent to an activating group) is 1. The van der Waals surface area contributed by atoms with Crippen LogP contribution in [0.5, 0.6) is 5.75 Å². The zero-order chi connectivity index (χ0) is 43.9. The van der Waals surface area contributed by atoms with Crippen LogP contribution in [-0.4, -0.2) is 105 Å². The van der Waals surface area contributed by atoms with Crippen LogP contribution in [0.25, 0.3) is 10.9 Å². The van der Waals surface area contributed by atoms with Gasteiger partial charge in [-0.2, -0.15) is 0 Å². The number of benzene rings is 3. The number of hydrogen-bond acceptors (Lipinski definition) is 9. The smallest absolute Gasteiger partial charge is 0.305 e. The third-order valence-corrected chi connectivity index (χ3v) is 9.55. The number of aromatic amines is 1. The van der Waals surface area contributed by atoms with Gasteiger partial charge in [0.2, 0.25) is 35.4 Å². The molecule has 19 heteroatoms. The number of hydrogen-bond donors (Lipinski definition) is 10. The summed E-state index contributed by atoms with van der Waals surface area (Å²) in [5, 5.41) is 44.9. The molecule has 1 heterocycles. The average Bonchev–Trinajstić information content (AvgIpc) is 3.59. The summed E-state index contributed by atoms with van der Waals surface area (Å²) in [6.45, 7) is 1.08. The van der Waals surface area contributed by atoms with Crippen molar-refractivity contribution in [2.24, 2.45) is 0 Å². The van der Waals surface area contributed by atoms with Crippen molar-refractivity contribution in [3.05, 3.63) is 101 Å². The van der Waals surface area contributed by atoms with E-state index in [1.165, 1.54) is 31.3 Å². The molecule has 0 unspecified atom stereocenters. The summed E-state index contributed by atoms with van der Waals surface area (Å²) in [6.07, 6.45) is -0.478. The van der Waals surface area contributed by atoms with Crippen LogP contribution in [0.4, 0.5) is 0 Å². The zero-order valence-corrected chi connectivity index (χ0v) is 33.4. The van der Waals surface area contributed by atoms with Gasteiger partial charge in [0.25, 0.3) is 0 Å². The van der Waals surface area contributed by atoms with Crippen LogP contribution in [0.2, 0.25) is 5.02 Å². The van der Waals surface area contributed by atoms with Crippen molar-refractivity contribution in [2.75, 3.05) is 7.05 Å². The first-order valence-corrected chi connectivity index (χ1v) is 19.1. The minimum Gasteiger partial charge on any atom is -0.508 e. The fourth-order valence-electron chi connectivity index (χ4n) is 6.32. The maximum atomic E-state index is 14.2. The number of rotatable bonds is 21. The second kappa shape index (κ2) is 21.7. The van der Waals surface area contributed by atoms with E-state index in [1.807, 2.05) is 0 Å². The van der Waals surface area contributed by atoms with E-state index in [4.69, 9.17) is 11.6 Å². The molecule has 5 atom stereocenters. The Morgan fingerprint density at radius 2 is 1.17 bits per heavy atom. The third-order valence-electron chi connectivity index (χ3n) is 9.31. The van der Waals surface area contributed by atoms with Gasteiger partial charge in [-0.05, 0) is 47.4 Å². The lowest BCUT2D eigenvalue weighted by Gasteiger charge is -2.27. The Balaban J connectivity index is 1.62. The van der Waals surface area contributed by atoms with Gasteiger partial charge < -0.3 is 52.2 Å². The number of fused-ring (bicyclic) bond motifs is 1. The third kappa shape index (κ3) is 13.9. The van der Waals surface area contributed by atoms with Crippen LogP contribution >= 0.6 is 11.6 Å². The van der Waals surface area contributed by atoms with Crippen molar-refractivity contribution in [1.29, 1.82) is 0 Å². The molecule has 0 aliphatic carbocycles. The average molecular weight is 848 g/mol. The van der Waals surface area contributed by atoms with Gasteiger partial charge in [0.15, 0.2) is 0 Å². The fourth-order valence-corrected chi connectivity index (χ4v) is 6.49. The molecule has 0 radical (unpaired) electrons. The number of phenols is 1. The first-order valence-electron chi connectivity index (χ1n) is 18.7. The summed E-state index contributed by atoms with van der Waals surface area (Å²) < 4.78 is 0. The Labute approximate surface area is 348 Å². The topological polar surface area (TPSA) is 285 Å². The first kappa shape index (κ1) is 45.7. The number of aromatic nitrogens is 1. The van der Waals surface area contributed by atoms with Crippen LogP contribution < -0.4 is 31.9 Å². The summed E-state index contributed by atoms with van der Waals surface area (Å²) in [6, 6.07) is 12.0. The van der Waals surface area contributed by atoms with E-state index < -0.39 is 96.9 Å². The van der Waals surface area contributed by atoms with Gasteiger partial charge in [-0.15, -0.1) is 0 Å². The van der Waals surface area contributed by atoms with Crippen LogP contribution in [0.3, 0.4) is 0 Å². The Morgan fingerprint density at radius 3 is 1.72 bits per heavy atom. The van der Waals surface area contributed by atoms with Gasteiger partial charge in [0.05, 0.1) is 6.42 Å². The molecule has 0 saturated carbocycles. The van der Waals surface area contributed by atoms with Crippen molar-refractivity contribution in [2.45, 2.75) is 75.7 Å². The molecule has 0 spiro atoms. The van der Waals surface area contributed by atoms with Crippen molar-refractivity contribution in [3.63, 3.8) is 0 Å². The Kier molecular flexibility index (Phi) is 16.6. The number of nitrogens with one attached hydrogen (secondary N) is 7. The summed E-state index contributed by atoms with van der Waals surface area (Å²) in [5.74, 6) is -7.78. The molecule has 0 aliphatic heterocycles. The number of amides is 6. The maximum absolute atomic E-state index is 14.2. The minimum atomic E-state index is -1.57. The van der Waals surface area contributed by atoms with Gasteiger partial charge in [-0.25, -0.2) is 0 Å². The molecule has 10 N–H and O–H groups in total. The molecule has 0 saturated heterocycles. The highest BCUT2D eigenvalue weighted by Crippen LogP contribution is 2.23. The monoisotopic (exact) mass is 847 g/mol. The normalized spacial score (nSPS) is 13.4. The second-order valence-electron chi connectivity index (χ2n) is 13.9. The van der Waals surface area contributed by atoms with Gasteiger partial charge in [-0.1, -0.05) is 60.1 Å². The number of carboxylic acids is 2. The lowest BCUT2D eigenvalue weighted by molar-refractivity contribution is -0.141. The number of aromatic hydroxyl groups is 1. The summed E-state index contributed by atoms with van der Waals surface area (Å²) in [4.78, 5) is 107. The zero-order valence-electron chi connectivity index (χ0n) is 32.6. The van der Waals surface area contributed by atoms with Crippen LogP contribution in [0, 0.1) is 0 Å². The van der Waals surface area contributed by atoms with E-state index >= 15 is 0 Å². The fraction of sp³-hybridized carbons (Fsp3) is 0.317. The minimum absolute atomic E-state index is 0.00271. The number of carboxylic acid groups (broad SMARTS) is 2. The van der Waals surface area contributed by atoms with Crippen LogP contribution in [0.1, 0.15) is 42.9 Å². The number of halogens is 1. The van der Waals surface area contributed by atoms with Crippen molar-refractivity contribution in [1.82, 2.24) is 36.9 Å². The molecule has 3 aromatic carbocycles. The van der Waals surface area contributed by atoms with E-state index in [0.717, 1.165) is 12.3 Å². The Hall–Kier alpha value is -6.95. The summed E-state index contributed by atoms with van der Waals surface area (Å²) >= 11 is 6.12. The van der Waals surface area contributed by atoms with Crippen molar-refractivity contribution in [3.8, 4) is 5.75 Å². The van der Waals surface area contributed by atoms with E-state index in [9.17, 15) is 53.7 Å². The summed E-state index contributed by atoms with van der Waals surface area (Å²) in [5.41, 5.74) is 2.36. The molecular weight excluding hydrogens is 802 g/mol. The highest BCUT2D eigenvalue weighted by molar-refractivity contribution is 6.31. The lowest BCUT2D eigenvalue weighted by Crippen LogP contribution is -2.60. The van der Waals surface area contributed by atoms with Gasteiger partial charge in [0, 0.05) is 61.8 Å². The number of H-pyrrole nitrogens is 1. The van der Waals surface area contributed by atoms with E-state index in [1.54, 1.807) is 54.7 Å². The molecule has 0 fully saturated rings. The van der Waals surface area contributed by atoms with Gasteiger partial charge >= 0.3 is 11.9 Å². The molecule has 4 rings (SSSR count). The SMILES string of the molecule is CNC(=O)[C@H](Cc1c[nH]c2cc(Cl)ccc12)NC(=O)[C@H](CCC(=O)O)NC(=O)[C@H](Cc1ccccc1)NC(=O)[C@H](Cc1ccc(O)cc1)NC(=O)[C@H](CC(=O)O)NC(C)=O. The van der Waals surface area contributed by atoms with E-state index in [2.05, 4.69) is 36.9 Å². The standard InChI is InChI=1S/C41H46ClN7O11/c1-22(50)45-34(20-36(54)55)41(60)48-32(17-24-8-11-27(51)12-9-24)40(59)47-31(16-23-6-4-3-5-7-23)39(58)46-29(14-15-35(52)53)38(57)49-33(37(56)43-2)18-25-21-44-30-19-26(42)10-13-28(25)30/h3-13,19,21,29,31-34,44,51H,14-18,20H2,1-2H3,(H,43,56)(H,45,50)(H,46,58)(H,47,59)(H,48,60)(H,49,57)(H,52,53)(H,54,55)/t29-,31-,32-,33-,34-/m0/s1. The van der Waals surface area contributed by atoms with Crippen molar-refractivity contribution < 1.29 is 53.7 Å². The molecule has 4 aromatic rings. The first-order chi connectivity index (χ1) is 28.5. The predicted molar refractivity (Wildman–Crippen MR) is 217 cm³/mol. The second-order valence-corrected chi connectivity index (χ2v) is 14.3. The van der Waals surface area contributed by atoms with Crippen molar-refractivity contribution >= 4 is 69.9 Å². The highest BCUT2D eigenvalue weighted by atomic mass is 35.5. The Bertz CT molecular complexity index is 2180. The van der Waals surface area contributed by atoms with Gasteiger partial charge in [0.1, 0.15) is 36.0 Å². The van der Waals surface area contributed by atoms with E-state index in [-0.39, 0.29) is 25.0 Å². The number of phenolic OH excluding ortho intramolecular Hbond substituents is 1. The van der Waals surface area contributed by atoms with E-state index in [0.29, 0.717) is 27.2 Å². The molecule has 18 nitrogen and oxygen atoms in total. The van der Waals surface area contributed by atoms with Gasteiger partial charge in [-0.3, -0.25) is 38.4 Å². The largest absolute Gasteiger partial charge is 0.508 e. The molecule has 6 amide bonds. The van der Waals surface area contributed by atoms with Crippen LogP contribution in [0.15, 0.2) is 79.0 Å². The molecule has 318 valence electrons. The molecular formula is C41H46ClN7O11. The molecule has 0 bridgehead atoms. The lowest BCUT2D eigenvalue weighted by atomic mass is 10.0. The number of aliphatic carboxylic acids is 2. The molecule has 60 heavy (non-hydrogen) atoms. The Morgan fingerprint density at radius 1 is 0.633 bits per heavy atom. The molecule has 0 aliphatic rings. The molecule has 1 aromatic heterocycles.